The lowest BCUT2D eigenvalue weighted by molar-refractivity contribution is 0.107. The van der Waals surface area contributed by atoms with Crippen molar-refractivity contribution in [1.82, 2.24) is 10.6 Å². The zero-order valence-corrected chi connectivity index (χ0v) is 28.5. The molecule has 2 aliphatic rings. The van der Waals surface area contributed by atoms with Crippen molar-refractivity contribution in [1.29, 1.82) is 0 Å². The van der Waals surface area contributed by atoms with Crippen molar-refractivity contribution < 1.29 is 19.1 Å². The van der Waals surface area contributed by atoms with Gasteiger partial charge in [0.2, 0.25) is 0 Å². The van der Waals surface area contributed by atoms with Crippen molar-refractivity contribution in [2.75, 3.05) is 0 Å². The molecule has 2 aliphatic carbocycles. The van der Waals surface area contributed by atoms with Crippen LogP contribution in [0.1, 0.15) is 146 Å². The van der Waals surface area contributed by atoms with Gasteiger partial charge in [-0.05, 0) is 92.2 Å². The number of ether oxygens (including phenoxy) is 2. The second-order valence-corrected chi connectivity index (χ2v) is 13.7. The Balaban J connectivity index is 1.54. The van der Waals surface area contributed by atoms with Gasteiger partial charge in [-0.1, -0.05) is 116 Å². The van der Waals surface area contributed by atoms with Crippen LogP contribution in [-0.2, 0) is 25.7 Å². The van der Waals surface area contributed by atoms with E-state index < -0.39 is 11.1 Å². The SMILES string of the molecule is CCCc1cccc(OC(=O)NC2(CC3(NC(=O)Oc4cccc(CCC)c4CCC)CCCCC3)CCCCC2)c1CCC. The van der Waals surface area contributed by atoms with Gasteiger partial charge in [0.1, 0.15) is 11.5 Å². The third kappa shape index (κ3) is 9.50. The Morgan fingerprint density at radius 1 is 0.578 bits per heavy atom. The van der Waals surface area contributed by atoms with Crippen LogP contribution in [0.15, 0.2) is 36.4 Å². The van der Waals surface area contributed by atoms with Gasteiger partial charge in [0.05, 0.1) is 0 Å². The minimum atomic E-state index is -0.430. The maximum Gasteiger partial charge on any atom is 0.413 e. The lowest BCUT2D eigenvalue weighted by Gasteiger charge is -2.47. The standard InChI is InChI=1S/C39H58N2O4/c1-5-17-30-21-15-23-34(32(30)19-7-3)44-36(42)40-38(25-11-9-12-26-38)29-39(27-13-10-14-28-39)41-37(43)45-35-24-16-22-31(18-6-2)33(35)20-8-4/h15-16,21-24H,5-14,17-20,25-29H2,1-4H3,(H,40,42)(H,41,43). The largest absolute Gasteiger partial charge is 0.413 e. The predicted molar refractivity (Wildman–Crippen MR) is 183 cm³/mol. The number of rotatable bonds is 14. The zero-order valence-electron chi connectivity index (χ0n) is 28.5. The summed E-state index contributed by atoms with van der Waals surface area (Å²) in [6, 6.07) is 12.2. The number of benzene rings is 2. The van der Waals surface area contributed by atoms with Gasteiger partial charge in [0, 0.05) is 11.1 Å². The number of amides is 2. The Hall–Kier alpha value is -3.02. The molecule has 2 aromatic rings. The van der Waals surface area contributed by atoms with E-state index in [4.69, 9.17) is 9.47 Å². The lowest BCUT2D eigenvalue weighted by Crippen LogP contribution is -2.60. The van der Waals surface area contributed by atoms with Gasteiger partial charge < -0.3 is 20.1 Å². The summed E-state index contributed by atoms with van der Waals surface area (Å²) in [5, 5.41) is 6.78. The summed E-state index contributed by atoms with van der Waals surface area (Å²) in [4.78, 5) is 27.3. The van der Waals surface area contributed by atoms with Crippen LogP contribution >= 0.6 is 0 Å². The average Bonchev–Trinajstić information content (AvgIpc) is 3.01. The topological polar surface area (TPSA) is 76.7 Å². The summed E-state index contributed by atoms with van der Waals surface area (Å²) in [5.41, 5.74) is 3.97. The molecule has 2 saturated carbocycles. The average molecular weight is 619 g/mol. The van der Waals surface area contributed by atoms with Crippen LogP contribution in [0.25, 0.3) is 0 Å². The molecule has 0 aromatic heterocycles. The summed E-state index contributed by atoms with van der Waals surface area (Å²) in [5.74, 6) is 1.35. The Kier molecular flexibility index (Phi) is 13.2. The van der Waals surface area contributed by atoms with Crippen LogP contribution in [0.3, 0.4) is 0 Å². The fourth-order valence-corrected chi connectivity index (χ4v) is 7.97. The Labute approximate surface area is 272 Å². The van der Waals surface area contributed by atoms with E-state index in [1.807, 2.05) is 24.3 Å². The van der Waals surface area contributed by atoms with Gasteiger partial charge in [0.25, 0.3) is 0 Å². The molecule has 4 rings (SSSR count). The summed E-state index contributed by atoms with van der Waals surface area (Å²) >= 11 is 0. The maximum absolute atomic E-state index is 13.7. The highest BCUT2D eigenvalue weighted by Crippen LogP contribution is 2.41. The normalized spacial score (nSPS) is 17.3. The van der Waals surface area contributed by atoms with Gasteiger partial charge in [-0.25, -0.2) is 9.59 Å². The summed E-state index contributed by atoms with van der Waals surface area (Å²) in [6.45, 7) is 8.69. The predicted octanol–water partition coefficient (Wildman–Crippen LogP) is 10.2. The molecule has 2 amide bonds. The summed E-state index contributed by atoms with van der Waals surface area (Å²) < 4.78 is 12.2. The van der Waals surface area contributed by atoms with E-state index in [1.54, 1.807) is 0 Å². The second-order valence-electron chi connectivity index (χ2n) is 13.7. The first-order valence-corrected chi connectivity index (χ1v) is 18.1. The Morgan fingerprint density at radius 2 is 0.956 bits per heavy atom. The van der Waals surface area contributed by atoms with Gasteiger partial charge in [0.15, 0.2) is 0 Å². The van der Waals surface area contributed by atoms with E-state index in [9.17, 15) is 9.59 Å². The summed E-state index contributed by atoms with van der Waals surface area (Å²) in [7, 11) is 0. The molecular weight excluding hydrogens is 560 g/mol. The van der Waals surface area contributed by atoms with Gasteiger partial charge in [-0.2, -0.15) is 0 Å². The summed E-state index contributed by atoms with van der Waals surface area (Å²) in [6.07, 6.45) is 17.8. The van der Waals surface area contributed by atoms with Crippen molar-refractivity contribution >= 4 is 12.2 Å². The number of carbonyl (C=O) groups is 2. The van der Waals surface area contributed by atoms with E-state index in [0.717, 1.165) is 127 Å². The molecule has 0 unspecified atom stereocenters. The van der Waals surface area contributed by atoms with Crippen molar-refractivity contribution in [2.24, 2.45) is 0 Å². The van der Waals surface area contributed by atoms with E-state index in [-0.39, 0.29) is 12.2 Å². The molecule has 2 aromatic carbocycles. The van der Waals surface area contributed by atoms with Crippen molar-refractivity contribution in [3.05, 3.63) is 58.7 Å². The third-order valence-electron chi connectivity index (χ3n) is 9.94. The first kappa shape index (κ1) is 34.8. The number of carbonyl (C=O) groups excluding carboxylic acids is 2. The van der Waals surface area contributed by atoms with Gasteiger partial charge >= 0.3 is 12.2 Å². The Bertz CT molecular complexity index is 1150. The van der Waals surface area contributed by atoms with E-state index in [0.29, 0.717) is 17.9 Å². The molecule has 2 N–H and O–H groups in total. The minimum absolute atomic E-state index is 0.381. The molecule has 0 heterocycles. The van der Waals surface area contributed by atoms with Crippen LogP contribution in [0.4, 0.5) is 9.59 Å². The number of hydrogen-bond acceptors (Lipinski definition) is 4. The number of aryl methyl sites for hydroxylation is 2. The Morgan fingerprint density at radius 3 is 1.31 bits per heavy atom. The monoisotopic (exact) mass is 618 g/mol. The molecule has 248 valence electrons. The molecule has 0 atom stereocenters. The molecule has 2 fully saturated rings. The maximum atomic E-state index is 13.7. The minimum Gasteiger partial charge on any atom is -0.410 e. The van der Waals surface area contributed by atoms with Crippen molar-refractivity contribution in [3.63, 3.8) is 0 Å². The van der Waals surface area contributed by atoms with Crippen LogP contribution in [0.5, 0.6) is 11.5 Å². The zero-order chi connectivity index (χ0) is 32.1. The first-order chi connectivity index (χ1) is 21.9. The molecule has 45 heavy (non-hydrogen) atoms. The second kappa shape index (κ2) is 17.1. The molecule has 0 radical (unpaired) electrons. The molecule has 0 spiro atoms. The molecule has 6 nitrogen and oxygen atoms in total. The molecule has 0 bridgehead atoms. The fourth-order valence-electron chi connectivity index (χ4n) is 7.97. The van der Waals surface area contributed by atoms with E-state index in [1.165, 1.54) is 11.1 Å². The quantitative estimate of drug-likeness (QED) is 0.221. The van der Waals surface area contributed by atoms with Crippen LogP contribution in [-0.4, -0.2) is 23.3 Å². The van der Waals surface area contributed by atoms with E-state index in [2.05, 4.69) is 50.5 Å². The molecule has 0 saturated heterocycles. The fraction of sp³-hybridized carbons (Fsp3) is 0.641. The van der Waals surface area contributed by atoms with Gasteiger partial charge in [-0.15, -0.1) is 0 Å². The smallest absolute Gasteiger partial charge is 0.410 e. The van der Waals surface area contributed by atoms with Crippen LogP contribution in [0.2, 0.25) is 0 Å². The molecule has 0 aliphatic heterocycles. The van der Waals surface area contributed by atoms with Crippen molar-refractivity contribution in [2.45, 2.75) is 161 Å². The highest BCUT2D eigenvalue weighted by Gasteiger charge is 2.45. The first-order valence-electron chi connectivity index (χ1n) is 18.1. The van der Waals surface area contributed by atoms with Gasteiger partial charge in [-0.3, -0.25) is 0 Å². The van der Waals surface area contributed by atoms with Crippen LogP contribution in [0, 0.1) is 0 Å². The highest BCUT2D eigenvalue weighted by atomic mass is 16.6. The van der Waals surface area contributed by atoms with Crippen LogP contribution < -0.4 is 20.1 Å². The molecule has 6 heteroatoms. The number of nitrogens with one attached hydrogen (secondary N) is 2. The highest BCUT2D eigenvalue weighted by molar-refractivity contribution is 5.73. The third-order valence-corrected chi connectivity index (χ3v) is 9.94. The molecular formula is C39H58N2O4. The van der Waals surface area contributed by atoms with E-state index >= 15 is 0 Å². The van der Waals surface area contributed by atoms with Crippen molar-refractivity contribution in [3.8, 4) is 11.5 Å². The number of hydrogen-bond donors (Lipinski definition) is 2. The lowest BCUT2D eigenvalue weighted by atomic mass is 9.68.